The Labute approximate surface area is 223 Å². The summed E-state index contributed by atoms with van der Waals surface area (Å²) in [7, 11) is 1.63. The molecular formula is C29H24ClN3O3S. The molecule has 6 nitrogen and oxygen atoms in total. The number of pyridine rings is 1. The van der Waals surface area contributed by atoms with Gasteiger partial charge in [-0.2, -0.15) is 0 Å². The molecule has 0 unspecified atom stereocenters. The zero-order valence-electron chi connectivity index (χ0n) is 20.2. The third-order valence-electron chi connectivity index (χ3n) is 5.87. The van der Waals surface area contributed by atoms with Gasteiger partial charge in [0.1, 0.15) is 21.2 Å². The molecule has 0 spiro atoms. The molecule has 0 aliphatic rings. The van der Waals surface area contributed by atoms with Gasteiger partial charge in [-0.05, 0) is 84.8 Å². The molecule has 8 heteroatoms. The first-order valence-corrected chi connectivity index (χ1v) is 12.8. The van der Waals surface area contributed by atoms with Crippen LogP contribution in [0, 0.1) is 0 Å². The van der Waals surface area contributed by atoms with Gasteiger partial charge in [0.2, 0.25) is 0 Å². The zero-order valence-corrected chi connectivity index (χ0v) is 21.8. The summed E-state index contributed by atoms with van der Waals surface area (Å²) < 4.78 is 10.8. The predicted molar refractivity (Wildman–Crippen MR) is 152 cm³/mol. The third-order valence-corrected chi connectivity index (χ3v) is 7.22. The molecule has 0 aliphatic heterocycles. The number of nitrogens with two attached hydrogens (primary N) is 1. The topological polar surface area (TPSA) is 86.5 Å². The number of hydrogen-bond acceptors (Lipinski definition) is 6. The standard InChI is InChI=1S/C29H24ClN3O3S/c1-3-36-22-14-10-20(11-15-22)32-28(34)27-26(31)25-23(17-4-8-19(30)9-5-17)16-24(33-29(25)37-27)18-6-12-21(35-2)13-7-18/h4-16H,3,31H2,1-2H3,(H,32,34). The summed E-state index contributed by atoms with van der Waals surface area (Å²) in [4.78, 5) is 19.2. The largest absolute Gasteiger partial charge is 0.497 e. The molecule has 0 saturated heterocycles. The van der Waals surface area contributed by atoms with E-state index < -0.39 is 0 Å². The lowest BCUT2D eigenvalue weighted by Gasteiger charge is -2.10. The number of thiophene rings is 1. The molecule has 0 saturated carbocycles. The summed E-state index contributed by atoms with van der Waals surface area (Å²) in [6.07, 6.45) is 0. The van der Waals surface area contributed by atoms with E-state index in [-0.39, 0.29) is 5.91 Å². The highest BCUT2D eigenvalue weighted by Crippen LogP contribution is 2.42. The Balaban J connectivity index is 1.59. The quantitative estimate of drug-likeness (QED) is 0.227. The number of nitrogens with one attached hydrogen (secondary N) is 1. The lowest BCUT2D eigenvalue weighted by Crippen LogP contribution is -2.11. The zero-order chi connectivity index (χ0) is 25.9. The molecule has 0 atom stereocenters. The first-order valence-electron chi connectivity index (χ1n) is 11.6. The summed E-state index contributed by atoms with van der Waals surface area (Å²) in [5.41, 5.74) is 11.1. The minimum absolute atomic E-state index is 0.294. The van der Waals surface area contributed by atoms with Crippen LogP contribution < -0.4 is 20.5 Å². The molecule has 0 radical (unpaired) electrons. The number of carbonyl (C=O) groups excluding carboxylic acids is 1. The van der Waals surface area contributed by atoms with Crippen molar-refractivity contribution in [3.63, 3.8) is 0 Å². The number of anilines is 2. The monoisotopic (exact) mass is 529 g/mol. The van der Waals surface area contributed by atoms with E-state index in [4.69, 9.17) is 31.8 Å². The number of hydrogen-bond donors (Lipinski definition) is 2. The number of nitrogen functional groups attached to an aromatic ring is 1. The van der Waals surface area contributed by atoms with Crippen LogP contribution in [0.4, 0.5) is 11.4 Å². The van der Waals surface area contributed by atoms with E-state index in [2.05, 4.69) is 5.32 Å². The number of methoxy groups -OCH3 is 1. The minimum Gasteiger partial charge on any atom is -0.497 e. The molecule has 2 aromatic heterocycles. The lowest BCUT2D eigenvalue weighted by molar-refractivity contribution is 0.103. The van der Waals surface area contributed by atoms with Crippen molar-refractivity contribution in [2.45, 2.75) is 6.92 Å². The number of amides is 1. The van der Waals surface area contributed by atoms with Crippen molar-refractivity contribution in [1.82, 2.24) is 4.98 Å². The number of carbonyl (C=O) groups is 1. The molecule has 186 valence electrons. The van der Waals surface area contributed by atoms with Gasteiger partial charge in [-0.25, -0.2) is 4.98 Å². The summed E-state index contributed by atoms with van der Waals surface area (Å²) in [6.45, 7) is 2.50. The van der Waals surface area contributed by atoms with Crippen LogP contribution in [0.1, 0.15) is 16.6 Å². The molecule has 5 aromatic rings. The van der Waals surface area contributed by atoms with Crippen molar-refractivity contribution in [3.05, 3.63) is 88.8 Å². The minimum atomic E-state index is -0.294. The van der Waals surface area contributed by atoms with Gasteiger partial charge in [0, 0.05) is 21.7 Å². The van der Waals surface area contributed by atoms with Gasteiger partial charge in [0.25, 0.3) is 5.91 Å². The van der Waals surface area contributed by atoms with Crippen molar-refractivity contribution >= 4 is 50.4 Å². The highest BCUT2D eigenvalue weighted by molar-refractivity contribution is 7.21. The number of benzene rings is 3. The Hall–Kier alpha value is -4.07. The van der Waals surface area contributed by atoms with Crippen LogP contribution in [0.25, 0.3) is 32.6 Å². The highest BCUT2D eigenvalue weighted by Gasteiger charge is 2.22. The van der Waals surface area contributed by atoms with Crippen LogP contribution in [-0.4, -0.2) is 24.6 Å². The summed E-state index contributed by atoms with van der Waals surface area (Å²) >= 11 is 7.41. The number of nitrogens with zero attached hydrogens (tertiary/aromatic N) is 1. The highest BCUT2D eigenvalue weighted by atomic mass is 35.5. The maximum absolute atomic E-state index is 13.3. The number of rotatable bonds is 7. The number of ether oxygens (including phenoxy) is 2. The molecule has 1 amide bonds. The fraction of sp³-hybridized carbons (Fsp3) is 0.103. The number of fused-ring (bicyclic) bond motifs is 1. The fourth-order valence-corrected chi connectivity index (χ4v) is 5.19. The van der Waals surface area contributed by atoms with Crippen molar-refractivity contribution in [2.24, 2.45) is 0 Å². The van der Waals surface area contributed by atoms with Crippen LogP contribution >= 0.6 is 22.9 Å². The van der Waals surface area contributed by atoms with Crippen molar-refractivity contribution in [3.8, 4) is 33.9 Å². The van der Waals surface area contributed by atoms with Crippen LogP contribution in [-0.2, 0) is 0 Å². The second-order valence-electron chi connectivity index (χ2n) is 8.23. The molecule has 37 heavy (non-hydrogen) atoms. The molecule has 0 bridgehead atoms. The predicted octanol–water partition coefficient (Wildman–Crippen LogP) is 7.53. The van der Waals surface area contributed by atoms with E-state index in [1.807, 2.05) is 73.7 Å². The van der Waals surface area contributed by atoms with Crippen LogP contribution in [0.5, 0.6) is 11.5 Å². The van der Waals surface area contributed by atoms with Crippen molar-refractivity contribution < 1.29 is 14.3 Å². The molecule has 0 aliphatic carbocycles. The second kappa shape index (κ2) is 10.5. The number of aromatic nitrogens is 1. The Bertz CT molecular complexity index is 1560. The maximum Gasteiger partial charge on any atom is 0.267 e. The SMILES string of the molecule is CCOc1ccc(NC(=O)c2sc3nc(-c4ccc(OC)cc4)cc(-c4ccc(Cl)cc4)c3c2N)cc1. The molecule has 5 rings (SSSR count). The summed E-state index contributed by atoms with van der Waals surface area (Å²) in [6, 6.07) is 24.4. The van der Waals surface area contributed by atoms with Gasteiger partial charge in [-0.1, -0.05) is 23.7 Å². The molecule has 0 fully saturated rings. The smallest absolute Gasteiger partial charge is 0.267 e. The second-order valence-corrected chi connectivity index (χ2v) is 9.66. The van der Waals surface area contributed by atoms with Gasteiger partial charge in [0.05, 0.1) is 25.1 Å². The van der Waals surface area contributed by atoms with E-state index in [1.165, 1.54) is 11.3 Å². The van der Waals surface area contributed by atoms with E-state index in [0.29, 0.717) is 32.7 Å². The molecule has 2 heterocycles. The Morgan fingerprint density at radius 3 is 2.27 bits per heavy atom. The number of halogens is 1. The summed E-state index contributed by atoms with van der Waals surface area (Å²) in [5.74, 6) is 1.21. The van der Waals surface area contributed by atoms with Gasteiger partial charge >= 0.3 is 0 Å². The van der Waals surface area contributed by atoms with Gasteiger partial charge < -0.3 is 20.5 Å². The van der Waals surface area contributed by atoms with Gasteiger partial charge in [-0.15, -0.1) is 11.3 Å². The van der Waals surface area contributed by atoms with E-state index in [9.17, 15) is 4.79 Å². The molecule has 3 N–H and O–H groups in total. The Kier molecular flexibility index (Phi) is 6.99. The van der Waals surface area contributed by atoms with Crippen LogP contribution in [0.2, 0.25) is 5.02 Å². The molecular weight excluding hydrogens is 506 g/mol. The summed E-state index contributed by atoms with van der Waals surface area (Å²) in [5, 5.41) is 4.31. The average molecular weight is 530 g/mol. The lowest BCUT2D eigenvalue weighted by atomic mass is 9.99. The van der Waals surface area contributed by atoms with Gasteiger partial charge in [0.15, 0.2) is 0 Å². The molecule has 3 aromatic carbocycles. The van der Waals surface area contributed by atoms with Crippen LogP contribution in [0.15, 0.2) is 78.9 Å². The average Bonchev–Trinajstić information content (AvgIpc) is 3.26. The third kappa shape index (κ3) is 5.09. The first kappa shape index (κ1) is 24.6. The normalized spacial score (nSPS) is 10.9. The van der Waals surface area contributed by atoms with Crippen molar-refractivity contribution in [1.29, 1.82) is 0 Å². The Morgan fingerprint density at radius 2 is 1.62 bits per heavy atom. The van der Waals surface area contributed by atoms with Gasteiger partial charge in [-0.3, -0.25) is 4.79 Å². The van der Waals surface area contributed by atoms with Crippen molar-refractivity contribution in [2.75, 3.05) is 24.8 Å². The maximum atomic E-state index is 13.3. The van der Waals surface area contributed by atoms with E-state index in [1.54, 1.807) is 19.2 Å². The first-order chi connectivity index (χ1) is 18.0. The van der Waals surface area contributed by atoms with E-state index in [0.717, 1.165) is 39.3 Å². The van der Waals surface area contributed by atoms with E-state index >= 15 is 0 Å². The van der Waals surface area contributed by atoms with Crippen LogP contribution in [0.3, 0.4) is 0 Å². The fourth-order valence-electron chi connectivity index (χ4n) is 4.05. The Morgan fingerprint density at radius 1 is 0.973 bits per heavy atom.